The van der Waals surface area contributed by atoms with Gasteiger partial charge in [0.25, 0.3) is 6.01 Å². The van der Waals surface area contributed by atoms with Crippen molar-refractivity contribution in [2.24, 2.45) is 0 Å². The van der Waals surface area contributed by atoms with Gasteiger partial charge in [0.2, 0.25) is 0 Å². The van der Waals surface area contributed by atoms with E-state index in [0.29, 0.717) is 5.76 Å². The molecule has 0 radical (unpaired) electrons. The van der Waals surface area contributed by atoms with Crippen LogP contribution in [0.5, 0.6) is 0 Å². The summed E-state index contributed by atoms with van der Waals surface area (Å²) in [4.78, 5) is 8.09. The van der Waals surface area contributed by atoms with Crippen LogP contribution < -0.4 is 5.73 Å². The van der Waals surface area contributed by atoms with E-state index in [4.69, 9.17) is 10.2 Å². The minimum absolute atomic E-state index is 0.163. The molecule has 0 saturated carbocycles. The van der Waals surface area contributed by atoms with Crippen LogP contribution in [-0.4, -0.2) is 14.4 Å². The average Bonchev–Trinajstić information content (AvgIpc) is 2.83. The fourth-order valence-corrected chi connectivity index (χ4v) is 1.52. The highest BCUT2D eigenvalue weighted by atomic mass is 16.4. The van der Waals surface area contributed by atoms with Crippen molar-refractivity contribution >= 4 is 11.7 Å². The molecule has 0 aromatic carbocycles. The molecule has 3 aromatic rings. The summed E-state index contributed by atoms with van der Waals surface area (Å²) >= 11 is 0. The van der Waals surface area contributed by atoms with Crippen LogP contribution in [0.15, 0.2) is 41.2 Å². The molecule has 3 rings (SSSR count). The predicted molar refractivity (Wildman–Crippen MR) is 55.1 cm³/mol. The van der Waals surface area contributed by atoms with E-state index in [0.717, 1.165) is 11.3 Å². The third-order valence-corrected chi connectivity index (χ3v) is 2.19. The summed E-state index contributed by atoms with van der Waals surface area (Å²) < 4.78 is 7.16. The monoisotopic (exact) mass is 200 g/mol. The molecule has 0 aliphatic rings. The van der Waals surface area contributed by atoms with E-state index in [9.17, 15) is 0 Å². The summed E-state index contributed by atoms with van der Waals surface area (Å²) in [6.45, 7) is 0. The lowest BCUT2D eigenvalue weighted by Crippen LogP contribution is -1.85. The maximum absolute atomic E-state index is 5.42. The van der Waals surface area contributed by atoms with Gasteiger partial charge in [0, 0.05) is 6.20 Å². The normalized spacial score (nSPS) is 10.9. The molecule has 0 amide bonds. The minimum Gasteiger partial charge on any atom is -0.422 e. The third kappa shape index (κ3) is 1.17. The maximum atomic E-state index is 5.42. The molecule has 0 bridgehead atoms. The van der Waals surface area contributed by atoms with E-state index >= 15 is 0 Å². The second-order valence-corrected chi connectivity index (χ2v) is 3.14. The molecule has 0 aliphatic carbocycles. The number of nitrogens with zero attached hydrogens (tertiary/aromatic N) is 3. The molecule has 0 aliphatic heterocycles. The van der Waals surface area contributed by atoms with E-state index in [1.807, 2.05) is 28.8 Å². The molecule has 3 aromatic heterocycles. The van der Waals surface area contributed by atoms with Crippen molar-refractivity contribution in [3.8, 4) is 11.5 Å². The summed E-state index contributed by atoms with van der Waals surface area (Å²) in [6, 6.07) is 5.94. The predicted octanol–water partition coefficient (Wildman–Crippen LogP) is 1.57. The molecule has 0 atom stereocenters. The third-order valence-electron chi connectivity index (χ3n) is 2.19. The van der Waals surface area contributed by atoms with Crippen molar-refractivity contribution in [1.82, 2.24) is 14.4 Å². The molecule has 2 N–H and O–H groups in total. The van der Waals surface area contributed by atoms with Gasteiger partial charge in [-0.05, 0) is 12.1 Å². The highest BCUT2D eigenvalue weighted by Crippen LogP contribution is 2.21. The Bertz CT molecular complexity index is 610. The van der Waals surface area contributed by atoms with Crippen LogP contribution in [-0.2, 0) is 0 Å². The van der Waals surface area contributed by atoms with Crippen molar-refractivity contribution in [3.63, 3.8) is 0 Å². The van der Waals surface area contributed by atoms with Crippen LogP contribution in [0, 0.1) is 0 Å². The standard InChI is InChI=1S/C10H8N4O/c11-10-13-6-8(15-10)7-5-12-9-3-1-2-4-14(7)9/h1-6H,(H2,11,13). The van der Waals surface area contributed by atoms with Gasteiger partial charge in [-0.15, -0.1) is 0 Å². The number of hydrogen-bond donors (Lipinski definition) is 1. The molecule has 74 valence electrons. The Labute approximate surface area is 85.2 Å². The smallest absolute Gasteiger partial charge is 0.292 e. The van der Waals surface area contributed by atoms with Crippen molar-refractivity contribution in [2.75, 3.05) is 5.73 Å². The van der Waals surface area contributed by atoms with Gasteiger partial charge < -0.3 is 10.2 Å². The zero-order valence-corrected chi connectivity index (χ0v) is 7.79. The first kappa shape index (κ1) is 8.05. The summed E-state index contributed by atoms with van der Waals surface area (Å²) in [6.07, 6.45) is 5.23. The Kier molecular flexibility index (Phi) is 1.53. The van der Waals surface area contributed by atoms with Gasteiger partial charge in [0.15, 0.2) is 5.76 Å². The van der Waals surface area contributed by atoms with E-state index in [1.165, 1.54) is 0 Å². The molecular formula is C10H8N4O. The summed E-state index contributed by atoms with van der Waals surface area (Å²) in [7, 11) is 0. The first-order valence-corrected chi connectivity index (χ1v) is 4.48. The first-order valence-electron chi connectivity index (χ1n) is 4.48. The lowest BCUT2D eigenvalue weighted by atomic mass is 10.4. The highest BCUT2D eigenvalue weighted by molar-refractivity contribution is 5.58. The SMILES string of the molecule is Nc1ncc(-c2cnc3ccccn23)o1. The van der Waals surface area contributed by atoms with Gasteiger partial charge in [-0.1, -0.05) is 6.07 Å². The molecule has 15 heavy (non-hydrogen) atoms. The number of aromatic nitrogens is 3. The number of nitrogens with two attached hydrogens (primary N) is 1. The second kappa shape index (κ2) is 2.84. The number of oxazole rings is 1. The lowest BCUT2D eigenvalue weighted by molar-refractivity contribution is 0.592. The summed E-state index contributed by atoms with van der Waals surface area (Å²) in [5.74, 6) is 0.617. The number of fused-ring (bicyclic) bond motifs is 1. The number of hydrogen-bond acceptors (Lipinski definition) is 4. The van der Waals surface area contributed by atoms with Crippen LogP contribution >= 0.6 is 0 Å². The van der Waals surface area contributed by atoms with Gasteiger partial charge in [-0.3, -0.25) is 4.40 Å². The van der Waals surface area contributed by atoms with Gasteiger partial charge in [-0.25, -0.2) is 9.97 Å². The lowest BCUT2D eigenvalue weighted by Gasteiger charge is -1.95. The molecule has 0 fully saturated rings. The van der Waals surface area contributed by atoms with Gasteiger partial charge in [0.1, 0.15) is 11.3 Å². The van der Waals surface area contributed by atoms with Crippen LogP contribution in [0.3, 0.4) is 0 Å². The van der Waals surface area contributed by atoms with E-state index < -0.39 is 0 Å². The molecule has 0 spiro atoms. The largest absolute Gasteiger partial charge is 0.422 e. The molecule has 3 heterocycles. The maximum Gasteiger partial charge on any atom is 0.292 e. The number of nitrogen functional groups attached to an aromatic ring is 1. The van der Waals surface area contributed by atoms with Crippen molar-refractivity contribution in [2.45, 2.75) is 0 Å². The zero-order chi connectivity index (χ0) is 10.3. The van der Waals surface area contributed by atoms with Crippen molar-refractivity contribution in [3.05, 3.63) is 36.8 Å². The fraction of sp³-hybridized carbons (Fsp3) is 0. The van der Waals surface area contributed by atoms with E-state index in [-0.39, 0.29) is 6.01 Å². The minimum atomic E-state index is 0.163. The van der Waals surface area contributed by atoms with Gasteiger partial charge in [-0.2, -0.15) is 0 Å². The number of anilines is 1. The number of pyridine rings is 1. The summed E-state index contributed by atoms with van der Waals surface area (Å²) in [5, 5.41) is 0. The van der Waals surface area contributed by atoms with Crippen LogP contribution in [0.25, 0.3) is 17.1 Å². The topological polar surface area (TPSA) is 69.3 Å². The summed E-state index contributed by atoms with van der Waals surface area (Å²) in [5.41, 5.74) is 7.13. The molecule has 0 saturated heterocycles. The van der Waals surface area contributed by atoms with Crippen LogP contribution in [0.1, 0.15) is 0 Å². The Balaban J connectivity index is 2.27. The second-order valence-electron chi connectivity index (χ2n) is 3.14. The average molecular weight is 200 g/mol. The van der Waals surface area contributed by atoms with E-state index in [2.05, 4.69) is 9.97 Å². The van der Waals surface area contributed by atoms with Crippen LogP contribution in [0.2, 0.25) is 0 Å². The molecule has 5 heteroatoms. The highest BCUT2D eigenvalue weighted by Gasteiger charge is 2.09. The Morgan fingerprint density at radius 3 is 2.93 bits per heavy atom. The van der Waals surface area contributed by atoms with Crippen LogP contribution in [0.4, 0.5) is 6.01 Å². The molecule has 5 nitrogen and oxygen atoms in total. The van der Waals surface area contributed by atoms with Gasteiger partial charge in [0.05, 0.1) is 12.4 Å². The Morgan fingerprint density at radius 1 is 1.20 bits per heavy atom. The zero-order valence-electron chi connectivity index (χ0n) is 7.79. The molecular weight excluding hydrogens is 192 g/mol. The van der Waals surface area contributed by atoms with Crippen molar-refractivity contribution in [1.29, 1.82) is 0 Å². The fourth-order valence-electron chi connectivity index (χ4n) is 1.52. The van der Waals surface area contributed by atoms with E-state index in [1.54, 1.807) is 12.4 Å². The Morgan fingerprint density at radius 2 is 2.13 bits per heavy atom. The quantitative estimate of drug-likeness (QED) is 0.647. The molecule has 0 unspecified atom stereocenters. The Hall–Kier alpha value is -2.30. The first-order chi connectivity index (χ1) is 7.34. The van der Waals surface area contributed by atoms with Crippen molar-refractivity contribution < 1.29 is 4.42 Å². The number of rotatable bonds is 1. The number of imidazole rings is 1. The van der Waals surface area contributed by atoms with Gasteiger partial charge >= 0.3 is 0 Å².